The number of nitrogens with zero attached hydrogens (tertiary/aromatic N) is 5. The second-order valence-corrected chi connectivity index (χ2v) is 9.10. The Labute approximate surface area is 170 Å². The average molecular weight is 404 g/mol. The van der Waals surface area contributed by atoms with Gasteiger partial charge in [-0.3, -0.25) is 0 Å². The van der Waals surface area contributed by atoms with E-state index in [0.717, 1.165) is 37.0 Å². The fourth-order valence-electron chi connectivity index (χ4n) is 4.32. The van der Waals surface area contributed by atoms with Crippen molar-refractivity contribution in [2.75, 3.05) is 11.9 Å². The van der Waals surface area contributed by atoms with Crippen molar-refractivity contribution in [3.05, 3.63) is 23.5 Å². The number of rotatable bonds is 2. The molecule has 0 saturated carbocycles. The van der Waals surface area contributed by atoms with Crippen LogP contribution in [-0.4, -0.2) is 56.7 Å². The molecule has 2 saturated heterocycles. The standard InChI is InChI=1S/C20H26ClN5O2/c1-20(2,3)28-19(27)25(4)14-9-12-5-6-13(10-14)26(12)17-11-22-18-15(23-17)7-8-16(21)24-18/h7-8,11-14H,5-6,9-10H2,1-4H3/t12-,13+,14?. The summed E-state index contributed by atoms with van der Waals surface area (Å²) in [5, 5.41) is 0.417. The molecule has 0 radical (unpaired) electrons. The first-order valence-electron chi connectivity index (χ1n) is 9.75. The van der Waals surface area contributed by atoms with Gasteiger partial charge < -0.3 is 14.5 Å². The van der Waals surface area contributed by atoms with E-state index in [1.54, 1.807) is 17.2 Å². The Kier molecular flexibility index (Phi) is 4.81. The van der Waals surface area contributed by atoms with Gasteiger partial charge in [0.25, 0.3) is 0 Å². The highest BCUT2D eigenvalue weighted by molar-refractivity contribution is 6.29. The predicted octanol–water partition coefficient (Wildman–Crippen LogP) is 4.04. The average Bonchev–Trinajstić information content (AvgIpc) is 2.88. The maximum atomic E-state index is 12.5. The van der Waals surface area contributed by atoms with E-state index >= 15 is 0 Å². The molecule has 2 aromatic heterocycles. The highest BCUT2D eigenvalue weighted by Crippen LogP contribution is 2.40. The van der Waals surface area contributed by atoms with Gasteiger partial charge in [-0.2, -0.15) is 0 Å². The Bertz CT molecular complexity index is 886. The third-order valence-electron chi connectivity index (χ3n) is 5.56. The van der Waals surface area contributed by atoms with Crippen molar-refractivity contribution >= 4 is 34.7 Å². The number of aromatic nitrogens is 3. The summed E-state index contributed by atoms with van der Waals surface area (Å²) in [5.74, 6) is 0.877. The van der Waals surface area contributed by atoms with Crippen molar-refractivity contribution in [1.29, 1.82) is 0 Å². The van der Waals surface area contributed by atoms with E-state index < -0.39 is 5.60 Å². The van der Waals surface area contributed by atoms with Crippen LogP contribution in [0.2, 0.25) is 5.15 Å². The van der Waals surface area contributed by atoms with Crippen LogP contribution < -0.4 is 4.90 Å². The van der Waals surface area contributed by atoms with Crippen molar-refractivity contribution in [3.8, 4) is 0 Å². The zero-order valence-corrected chi connectivity index (χ0v) is 17.5. The zero-order valence-electron chi connectivity index (χ0n) is 16.7. The Balaban J connectivity index is 1.51. The summed E-state index contributed by atoms with van der Waals surface area (Å²) in [6, 6.07) is 4.46. The van der Waals surface area contributed by atoms with Crippen LogP contribution in [0.3, 0.4) is 0 Å². The van der Waals surface area contributed by atoms with E-state index in [0.29, 0.717) is 22.9 Å². The molecule has 2 aromatic rings. The lowest BCUT2D eigenvalue weighted by atomic mass is 9.96. The molecule has 4 heterocycles. The summed E-state index contributed by atoms with van der Waals surface area (Å²) >= 11 is 5.94. The molecule has 3 atom stereocenters. The van der Waals surface area contributed by atoms with E-state index in [4.69, 9.17) is 21.3 Å². The monoisotopic (exact) mass is 403 g/mol. The van der Waals surface area contributed by atoms with Gasteiger partial charge >= 0.3 is 6.09 Å². The second kappa shape index (κ2) is 7.03. The topological polar surface area (TPSA) is 71.5 Å². The van der Waals surface area contributed by atoms with Gasteiger partial charge in [0.05, 0.1) is 6.20 Å². The minimum Gasteiger partial charge on any atom is -0.444 e. The van der Waals surface area contributed by atoms with Gasteiger partial charge in [-0.25, -0.2) is 19.7 Å². The maximum Gasteiger partial charge on any atom is 0.410 e. The molecule has 0 aromatic carbocycles. The van der Waals surface area contributed by atoms with Gasteiger partial charge in [0, 0.05) is 25.2 Å². The molecule has 2 aliphatic rings. The maximum absolute atomic E-state index is 12.5. The van der Waals surface area contributed by atoms with Gasteiger partial charge in [-0.1, -0.05) is 11.6 Å². The molecular formula is C20H26ClN5O2. The van der Waals surface area contributed by atoms with Gasteiger partial charge in [0.15, 0.2) is 5.65 Å². The minimum atomic E-state index is -0.483. The number of hydrogen-bond donors (Lipinski definition) is 0. The summed E-state index contributed by atoms with van der Waals surface area (Å²) in [7, 11) is 1.85. The number of carbonyl (C=O) groups excluding carboxylic acids is 1. The van der Waals surface area contributed by atoms with Crippen molar-refractivity contribution < 1.29 is 9.53 Å². The van der Waals surface area contributed by atoms with Crippen LogP contribution in [0.25, 0.3) is 11.2 Å². The molecule has 2 fully saturated rings. The van der Waals surface area contributed by atoms with E-state index in [1.165, 1.54) is 0 Å². The number of anilines is 1. The van der Waals surface area contributed by atoms with Gasteiger partial charge in [0.1, 0.15) is 22.1 Å². The zero-order chi connectivity index (χ0) is 20.1. The van der Waals surface area contributed by atoms with Crippen LogP contribution in [0.15, 0.2) is 18.3 Å². The lowest BCUT2D eigenvalue weighted by Gasteiger charge is -2.42. The fourth-order valence-corrected chi connectivity index (χ4v) is 4.46. The number of hydrogen-bond acceptors (Lipinski definition) is 6. The summed E-state index contributed by atoms with van der Waals surface area (Å²) in [6.45, 7) is 5.68. The summed E-state index contributed by atoms with van der Waals surface area (Å²) in [5.41, 5.74) is 0.820. The largest absolute Gasteiger partial charge is 0.444 e. The number of piperidine rings is 1. The van der Waals surface area contributed by atoms with Gasteiger partial charge in [0.2, 0.25) is 0 Å². The van der Waals surface area contributed by atoms with Crippen molar-refractivity contribution in [3.63, 3.8) is 0 Å². The van der Waals surface area contributed by atoms with Crippen LogP contribution in [0.4, 0.5) is 10.6 Å². The third kappa shape index (κ3) is 3.72. The van der Waals surface area contributed by atoms with Gasteiger partial charge in [-0.15, -0.1) is 0 Å². The molecule has 150 valence electrons. The van der Waals surface area contributed by atoms with Crippen LogP contribution in [0.1, 0.15) is 46.5 Å². The first-order valence-corrected chi connectivity index (χ1v) is 10.1. The molecule has 1 unspecified atom stereocenters. The van der Waals surface area contributed by atoms with Crippen molar-refractivity contribution in [2.45, 2.75) is 70.2 Å². The molecule has 0 spiro atoms. The Morgan fingerprint density at radius 3 is 2.54 bits per heavy atom. The summed E-state index contributed by atoms with van der Waals surface area (Å²) in [6.07, 6.45) is 5.55. The lowest BCUT2D eigenvalue weighted by molar-refractivity contribution is 0.0186. The van der Waals surface area contributed by atoms with Crippen molar-refractivity contribution in [1.82, 2.24) is 19.9 Å². The quantitative estimate of drug-likeness (QED) is 0.704. The molecule has 2 aliphatic heterocycles. The first kappa shape index (κ1) is 19.2. The highest BCUT2D eigenvalue weighted by Gasteiger charge is 2.44. The summed E-state index contributed by atoms with van der Waals surface area (Å²) < 4.78 is 5.55. The van der Waals surface area contributed by atoms with E-state index in [9.17, 15) is 4.79 Å². The first-order chi connectivity index (χ1) is 13.2. The van der Waals surface area contributed by atoms with E-state index in [1.807, 2.05) is 33.9 Å². The van der Waals surface area contributed by atoms with Crippen LogP contribution in [0, 0.1) is 0 Å². The molecule has 2 bridgehead atoms. The second-order valence-electron chi connectivity index (χ2n) is 8.71. The lowest BCUT2D eigenvalue weighted by Crippen LogP contribution is -2.52. The van der Waals surface area contributed by atoms with Gasteiger partial charge in [-0.05, 0) is 58.6 Å². The predicted molar refractivity (Wildman–Crippen MR) is 109 cm³/mol. The van der Waals surface area contributed by atoms with E-state index in [-0.39, 0.29) is 12.1 Å². The number of ether oxygens (including phenoxy) is 1. The minimum absolute atomic E-state index is 0.178. The molecule has 1 amide bonds. The normalized spacial score (nSPS) is 24.5. The Morgan fingerprint density at radius 2 is 1.89 bits per heavy atom. The molecular weight excluding hydrogens is 378 g/mol. The summed E-state index contributed by atoms with van der Waals surface area (Å²) in [4.78, 5) is 30.1. The number of pyridine rings is 1. The number of carbonyl (C=O) groups is 1. The molecule has 4 rings (SSSR count). The Morgan fingerprint density at radius 1 is 1.21 bits per heavy atom. The molecule has 7 nitrogen and oxygen atoms in total. The van der Waals surface area contributed by atoms with Crippen molar-refractivity contribution in [2.24, 2.45) is 0 Å². The smallest absolute Gasteiger partial charge is 0.410 e. The third-order valence-corrected chi connectivity index (χ3v) is 5.77. The number of halogens is 1. The molecule has 28 heavy (non-hydrogen) atoms. The van der Waals surface area contributed by atoms with E-state index in [2.05, 4.69) is 14.9 Å². The van der Waals surface area contributed by atoms with Crippen LogP contribution in [-0.2, 0) is 4.74 Å². The molecule has 0 N–H and O–H groups in total. The number of amides is 1. The van der Waals surface area contributed by atoms with Crippen LogP contribution >= 0.6 is 11.6 Å². The molecule has 0 aliphatic carbocycles. The number of fused-ring (bicyclic) bond motifs is 3. The molecule has 8 heteroatoms. The fraction of sp³-hybridized carbons (Fsp3) is 0.600. The Hall–Kier alpha value is -2.15. The van der Waals surface area contributed by atoms with Crippen LogP contribution in [0.5, 0.6) is 0 Å². The highest BCUT2D eigenvalue weighted by atomic mass is 35.5. The SMILES string of the molecule is CN(C(=O)OC(C)(C)C)C1C[C@H]2CC[C@@H](C1)N2c1cnc2nc(Cl)ccc2n1.